The summed E-state index contributed by atoms with van der Waals surface area (Å²) >= 11 is 0. The molecule has 29 heavy (non-hydrogen) atoms. The number of likely N-dealkylation sites (tertiary alicyclic amines) is 1. The van der Waals surface area contributed by atoms with E-state index in [9.17, 15) is 9.90 Å². The molecule has 3 aromatic rings. The molecule has 3 heterocycles. The van der Waals surface area contributed by atoms with E-state index in [0.717, 1.165) is 55.1 Å². The van der Waals surface area contributed by atoms with E-state index in [-0.39, 0.29) is 11.5 Å². The number of benzene rings is 1. The number of hydrogen-bond acceptors (Lipinski definition) is 5. The molecule has 0 atom stereocenters. The second kappa shape index (κ2) is 8.17. The summed E-state index contributed by atoms with van der Waals surface area (Å²) in [4.78, 5) is 26.5. The molecular weight excluding hydrogens is 364 g/mol. The van der Waals surface area contributed by atoms with Crippen LogP contribution in [0.2, 0.25) is 0 Å². The fourth-order valence-electron chi connectivity index (χ4n) is 4.07. The molecule has 0 bridgehead atoms. The fourth-order valence-corrected chi connectivity index (χ4v) is 4.07. The zero-order valence-electron chi connectivity index (χ0n) is 16.9. The van der Waals surface area contributed by atoms with Gasteiger partial charge >= 0.3 is 0 Å². The van der Waals surface area contributed by atoms with Gasteiger partial charge in [0.2, 0.25) is 0 Å². The Labute approximate surface area is 170 Å². The zero-order chi connectivity index (χ0) is 20.4. The SMILES string of the molecule is Cc1cc(CN2CCC(c3nc(-c4ccccn4)cc(=O)[nH]3)CC2)cc(C)c1O. The highest BCUT2D eigenvalue weighted by Crippen LogP contribution is 2.28. The molecule has 2 N–H and O–H groups in total. The molecule has 0 unspecified atom stereocenters. The Balaban J connectivity index is 1.45. The number of nitrogens with one attached hydrogen (secondary N) is 1. The predicted octanol–water partition coefficient (Wildman–Crippen LogP) is 3.53. The Morgan fingerprint density at radius 1 is 1.10 bits per heavy atom. The lowest BCUT2D eigenvalue weighted by Crippen LogP contribution is -2.33. The topological polar surface area (TPSA) is 82.1 Å². The van der Waals surface area contributed by atoms with E-state index in [1.807, 2.05) is 32.0 Å². The van der Waals surface area contributed by atoms with Crippen molar-refractivity contribution in [3.05, 3.63) is 75.5 Å². The molecule has 6 heteroatoms. The molecule has 0 saturated carbocycles. The van der Waals surface area contributed by atoms with Crippen molar-refractivity contribution in [2.75, 3.05) is 13.1 Å². The van der Waals surface area contributed by atoms with E-state index >= 15 is 0 Å². The van der Waals surface area contributed by atoms with Crippen LogP contribution in [0.25, 0.3) is 11.4 Å². The Morgan fingerprint density at radius 2 is 1.83 bits per heavy atom. The summed E-state index contributed by atoms with van der Waals surface area (Å²) in [7, 11) is 0. The first-order chi connectivity index (χ1) is 14.0. The molecule has 1 saturated heterocycles. The Hall–Kier alpha value is -2.99. The quantitative estimate of drug-likeness (QED) is 0.712. The van der Waals surface area contributed by atoms with E-state index in [0.29, 0.717) is 11.4 Å². The van der Waals surface area contributed by atoms with Gasteiger partial charge in [-0.15, -0.1) is 0 Å². The van der Waals surface area contributed by atoms with Crippen molar-refractivity contribution in [2.24, 2.45) is 0 Å². The molecule has 0 spiro atoms. The summed E-state index contributed by atoms with van der Waals surface area (Å²) in [5, 5.41) is 9.97. The lowest BCUT2D eigenvalue weighted by Gasteiger charge is -2.31. The van der Waals surface area contributed by atoms with Crippen molar-refractivity contribution in [2.45, 2.75) is 39.2 Å². The number of pyridine rings is 1. The van der Waals surface area contributed by atoms with E-state index < -0.39 is 0 Å². The maximum absolute atomic E-state index is 12.2. The van der Waals surface area contributed by atoms with Crippen molar-refractivity contribution in [1.29, 1.82) is 0 Å². The van der Waals surface area contributed by atoms with Gasteiger partial charge in [-0.3, -0.25) is 14.7 Å². The van der Waals surface area contributed by atoms with Crippen molar-refractivity contribution in [1.82, 2.24) is 19.9 Å². The standard InChI is InChI=1S/C23H26N4O2/c1-15-11-17(12-16(2)22(15)29)14-27-9-6-18(7-10-27)23-25-20(13-21(28)26-23)19-5-3-4-8-24-19/h3-5,8,11-13,18,29H,6-7,9-10,14H2,1-2H3,(H,25,26,28). The number of aromatic nitrogens is 3. The van der Waals surface area contributed by atoms with Gasteiger partial charge in [-0.1, -0.05) is 18.2 Å². The highest BCUT2D eigenvalue weighted by atomic mass is 16.3. The van der Waals surface area contributed by atoms with Gasteiger partial charge in [-0.2, -0.15) is 0 Å². The minimum absolute atomic E-state index is 0.131. The number of hydrogen-bond donors (Lipinski definition) is 2. The van der Waals surface area contributed by atoms with Crippen LogP contribution in [0.1, 0.15) is 41.3 Å². The van der Waals surface area contributed by atoms with Gasteiger partial charge in [-0.05, 0) is 68.6 Å². The Morgan fingerprint density at radius 3 is 2.48 bits per heavy atom. The number of aromatic hydroxyl groups is 1. The smallest absolute Gasteiger partial charge is 0.251 e. The summed E-state index contributed by atoms with van der Waals surface area (Å²) in [5.74, 6) is 1.38. The molecule has 0 amide bonds. The molecule has 1 aromatic carbocycles. The predicted molar refractivity (Wildman–Crippen MR) is 113 cm³/mol. The van der Waals surface area contributed by atoms with E-state index in [2.05, 4.69) is 27.0 Å². The van der Waals surface area contributed by atoms with Crippen LogP contribution in [0.3, 0.4) is 0 Å². The molecule has 1 aliphatic rings. The van der Waals surface area contributed by atoms with E-state index in [1.54, 1.807) is 6.20 Å². The third kappa shape index (κ3) is 4.38. The lowest BCUT2D eigenvalue weighted by atomic mass is 9.95. The van der Waals surface area contributed by atoms with Crippen LogP contribution in [-0.2, 0) is 6.54 Å². The molecule has 0 radical (unpaired) electrons. The Bertz CT molecular complexity index is 1030. The fraction of sp³-hybridized carbons (Fsp3) is 0.348. The van der Waals surface area contributed by atoms with Gasteiger partial charge in [0.15, 0.2) is 0 Å². The van der Waals surface area contributed by atoms with Crippen LogP contribution in [0, 0.1) is 13.8 Å². The third-order valence-corrected chi connectivity index (χ3v) is 5.62. The lowest BCUT2D eigenvalue weighted by molar-refractivity contribution is 0.201. The van der Waals surface area contributed by atoms with Crippen LogP contribution in [0.5, 0.6) is 5.75 Å². The number of phenolic OH excluding ortho intramolecular Hbond substituents is 1. The Kier molecular flexibility index (Phi) is 5.45. The summed E-state index contributed by atoms with van der Waals surface area (Å²) in [6.45, 7) is 6.64. The first kappa shape index (κ1) is 19.3. The maximum Gasteiger partial charge on any atom is 0.251 e. The summed E-state index contributed by atoms with van der Waals surface area (Å²) in [6.07, 6.45) is 3.61. The third-order valence-electron chi connectivity index (χ3n) is 5.62. The molecule has 1 fully saturated rings. The van der Waals surface area contributed by atoms with Gasteiger partial charge in [0.05, 0.1) is 11.4 Å². The summed E-state index contributed by atoms with van der Waals surface area (Å²) < 4.78 is 0. The monoisotopic (exact) mass is 390 g/mol. The van der Waals surface area contributed by atoms with E-state index in [1.165, 1.54) is 11.6 Å². The number of phenols is 1. The van der Waals surface area contributed by atoms with E-state index in [4.69, 9.17) is 4.98 Å². The largest absolute Gasteiger partial charge is 0.507 e. The van der Waals surface area contributed by atoms with Gasteiger partial charge < -0.3 is 10.1 Å². The number of nitrogens with zero attached hydrogens (tertiary/aromatic N) is 3. The first-order valence-electron chi connectivity index (χ1n) is 10.0. The number of piperidine rings is 1. The van der Waals surface area contributed by atoms with Crippen LogP contribution in [-0.4, -0.2) is 38.0 Å². The van der Waals surface area contributed by atoms with Crippen molar-refractivity contribution >= 4 is 0 Å². The number of rotatable bonds is 4. The van der Waals surface area contributed by atoms with Crippen LogP contribution < -0.4 is 5.56 Å². The van der Waals surface area contributed by atoms with Crippen LogP contribution in [0.15, 0.2) is 47.4 Å². The highest BCUT2D eigenvalue weighted by Gasteiger charge is 2.23. The number of H-pyrrole nitrogens is 1. The molecule has 2 aromatic heterocycles. The van der Waals surface area contributed by atoms with Gasteiger partial charge in [0, 0.05) is 24.7 Å². The zero-order valence-corrected chi connectivity index (χ0v) is 16.9. The van der Waals surface area contributed by atoms with Crippen molar-refractivity contribution in [3.63, 3.8) is 0 Å². The summed E-state index contributed by atoms with van der Waals surface area (Å²) in [5.41, 5.74) is 4.27. The maximum atomic E-state index is 12.2. The van der Waals surface area contributed by atoms with Crippen LogP contribution >= 0.6 is 0 Å². The average Bonchev–Trinajstić information content (AvgIpc) is 2.73. The highest BCUT2D eigenvalue weighted by molar-refractivity contribution is 5.52. The second-order valence-electron chi connectivity index (χ2n) is 7.86. The normalized spacial score (nSPS) is 15.5. The molecular formula is C23H26N4O2. The second-order valence-corrected chi connectivity index (χ2v) is 7.86. The molecule has 6 nitrogen and oxygen atoms in total. The molecule has 4 rings (SSSR count). The number of aryl methyl sites for hydroxylation is 2. The number of aromatic amines is 1. The van der Waals surface area contributed by atoms with Gasteiger partial charge in [0.1, 0.15) is 11.6 Å². The molecule has 1 aliphatic heterocycles. The van der Waals surface area contributed by atoms with Crippen molar-refractivity contribution in [3.8, 4) is 17.1 Å². The van der Waals surface area contributed by atoms with Crippen LogP contribution in [0.4, 0.5) is 0 Å². The van der Waals surface area contributed by atoms with Crippen molar-refractivity contribution < 1.29 is 5.11 Å². The average molecular weight is 390 g/mol. The molecule has 0 aliphatic carbocycles. The minimum atomic E-state index is -0.131. The van der Waals surface area contributed by atoms with Gasteiger partial charge in [0.25, 0.3) is 5.56 Å². The summed E-state index contributed by atoms with van der Waals surface area (Å²) in [6, 6.07) is 11.3. The molecule has 150 valence electrons. The minimum Gasteiger partial charge on any atom is -0.507 e. The first-order valence-corrected chi connectivity index (χ1v) is 10.0. The van der Waals surface area contributed by atoms with Gasteiger partial charge in [-0.25, -0.2) is 4.98 Å².